The van der Waals surface area contributed by atoms with Crippen molar-refractivity contribution >= 4 is 33.0 Å². The van der Waals surface area contributed by atoms with Crippen LogP contribution in [-0.2, 0) is 27.8 Å². The first-order valence-electron chi connectivity index (χ1n) is 8.57. The van der Waals surface area contributed by atoms with E-state index < -0.39 is 10.0 Å². The van der Waals surface area contributed by atoms with Crippen LogP contribution in [0.5, 0.6) is 0 Å². The summed E-state index contributed by atoms with van der Waals surface area (Å²) in [5, 5.41) is 0.977. The van der Waals surface area contributed by atoms with Crippen molar-refractivity contribution in [2.24, 2.45) is 0 Å². The van der Waals surface area contributed by atoms with Gasteiger partial charge in [-0.3, -0.25) is 4.79 Å². The molecule has 6 nitrogen and oxygen atoms in total. The van der Waals surface area contributed by atoms with Crippen LogP contribution >= 0.6 is 11.3 Å². The van der Waals surface area contributed by atoms with E-state index in [0.717, 1.165) is 39.7 Å². The van der Waals surface area contributed by atoms with Crippen LogP contribution < -0.4 is 9.62 Å². The molecule has 2 heterocycles. The molecular formula is C18H21N3O3S2. The third-order valence-electron chi connectivity index (χ3n) is 4.98. The number of carbonyl (C=O) groups excluding carboxylic acids is 1. The Balaban J connectivity index is 1.62. The highest BCUT2D eigenvalue weighted by Crippen LogP contribution is 2.37. The largest absolute Gasteiger partial charge is 0.307 e. The van der Waals surface area contributed by atoms with Crippen LogP contribution in [0.1, 0.15) is 40.9 Å². The lowest BCUT2D eigenvalue weighted by Crippen LogP contribution is -2.34. The van der Waals surface area contributed by atoms with Gasteiger partial charge in [0, 0.05) is 16.1 Å². The van der Waals surface area contributed by atoms with E-state index in [-0.39, 0.29) is 22.8 Å². The third kappa shape index (κ3) is 3.17. The summed E-state index contributed by atoms with van der Waals surface area (Å²) in [7, 11) is -3.56. The van der Waals surface area contributed by atoms with Gasteiger partial charge in [0.25, 0.3) is 0 Å². The van der Waals surface area contributed by atoms with Crippen molar-refractivity contribution in [3.05, 3.63) is 39.3 Å². The second-order valence-electron chi connectivity index (χ2n) is 7.35. The maximum absolute atomic E-state index is 12.6. The van der Waals surface area contributed by atoms with Gasteiger partial charge in [-0.1, -0.05) is 0 Å². The highest BCUT2D eigenvalue weighted by atomic mass is 32.2. The summed E-state index contributed by atoms with van der Waals surface area (Å²) in [5.41, 5.74) is 2.17. The van der Waals surface area contributed by atoms with Gasteiger partial charge in [-0.25, -0.2) is 18.1 Å². The molecule has 26 heavy (non-hydrogen) atoms. The fourth-order valence-electron chi connectivity index (χ4n) is 3.24. The van der Waals surface area contributed by atoms with Crippen LogP contribution in [0.2, 0.25) is 0 Å². The quantitative estimate of drug-likeness (QED) is 0.850. The Morgan fingerprint density at radius 3 is 2.65 bits per heavy atom. The Morgan fingerprint density at radius 1 is 1.31 bits per heavy atom. The van der Waals surface area contributed by atoms with Crippen LogP contribution in [0.4, 0.5) is 5.69 Å². The summed E-state index contributed by atoms with van der Waals surface area (Å²) < 4.78 is 27.9. The molecule has 1 aromatic carbocycles. The van der Waals surface area contributed by atoms with Gasteiger partial charge in [-0.15, -0.1) is 11.3 Å². The number of hydrogen-bond donors (Lipinski definition) is 1. The van der Waals surface area contributed by atoms with Crippen molar-refractivity contribution in [1.29, 1.82) is 0 Å². The smallest absolute Gasteiger partial charge is 0.241 e. The first-order chi connectivity index (χ1) is 12.2. The summed E-state index contributed by atoms with van der Waals surface area (Å²) in [4.78, 5) is 19.9. The number of aromatic nitrogens is 1. The number of aryl methyl sites for hydroxylation is 2. The number of hydrogen-bond acceptors (Lipinski definition) is 5. The summed E-state index contributed by atoms with van der Waals surface area (Å²) in [6.45, 7) is 6.28. The Kier molecular flexibility index (Phi) is 3.98. The minimum atomic E-state index is -3.56. The van der Waals surface area contributed by atoms with E-state index in [2.05, 4.69) is 9.71 Å². The maximum atomic E-state index is 12.6. The zero-order valence-electron chi connectivity index (χ0n) is 15.0. The molecule has 1 aliphatic carbocycles. The molecule has 0 radical (unpaired) electrons. The van der Waals surface area contributed by atoms with Crippen LogP contribution in [0, 0.1) is 13.8 Å². The number of anilines is 1. The molecule has 8 heteroatoms. The number of carbonyl (C=O) groups is 1. The van der Waals surface area contributed by atoms with E-state index in [9.17, 15) is 13.2 Å². The lowest BCUT2D eigenvalue weighted by molar-refractivity contribution is -0.117. The SMILES string of the molecule is Cc1nc(C)c(CN2C(=O)Cc3cc(S(=O)(=O)NC4(C)CC4)ccc32)s1. The Morgan fingerprint density at radius 2 is 2.04 bits per heavy atom. The van der Waals surface area contributed by atoms with Crippen LogP contribution in [-0.4, -0.2) is 24.8 Å². The van der Waals surface area contributed by atoms with Gasteiger partial charge < -0.3 is 4.90 Å². The van der Waals surface area contributed by atoms with Gasteiger partial charge in [0.2, 0.25) is 15.9 Å². The van der Waals surface area contributed by atoms with E-state index in [1.165, 1.54) is 0 Å². The summed E-state index contributed by atoms with van der Waals surface area (Å²) >= 11 is 1.59. The number of amides is 1. The molecule has 0 spiro atoms. The molecule has 1 N–H and O–H groups in total. The molecule has 1 aliphatic heterocycles. The van der Waals surface area contributed by atoms with E-state index >= 15 is 0 Å². The Bertz CT molecular complexity index is 1010. The van der Waals surface area contributed by atoms with Crippen LogP contribution in [0.3, 0.4) is 0 Å². The van der Waals surface area contributed by atoms with Crippen molar-refractivity contribution < 1.29 is 13.2 Å². The summed E-state index contributed by atoms with van der Waals surface area (Å²) in [6.07, 6.45) is 1.95. The monoisotopic (exact) mass is 391 g/mol. The molecule has 1 aromatic heterocycles. The van der Waals surface area contributed by atoms with E-state index in [4.69, 9.17) is 0 Å². The zero-order chi connectivity index (χ0) is 18.7. The van der Waals surface area contributed by atoms with Crippen molar-refractivity contribution in [3.63, 3.8) is 0 Å². The summed E-state index contributed by atoms with van der Waals surface area (Å²) in [6, 6.07) is 4.96. The van der Waals surface area contributed by atoms with Crippen molar-refractivity contribution in [1.82, 2.24) is 9.71 Å². The molecule has 0 saturated heterocycles. The predicted molar refractivity (Wildman–Crippen MR) is 101 cm³/mol. The minimum absolute atomic E-state index is 0.0119. The molecule has 0 atom stereocenters. The number of fused-ring (bicyclic) bond motifs is 1. The molecule has 138 valence electrons. The second-order valence-corrected chi connectivity index (χ2v) is 10.3. The predicted octanol–water partition coefficient (Wildman–Crippen LogP) is 2.68. The first-order valence-corrected chi connectivity index (χ1v) is 10.9. The van der Waals surface area contributed by atoms with E-state index in [1.807, 2.05) is 20.8 Å². The van der Waals surface area contributed by atoms with Gasteiger partial charge in [0.1, 0.15) is 0 Å². The fourth-order valence-corrected chi connectivity index (χ4v) is 5.68. The van der Waals surface area contributed by atoms with Gasteiger partial charge in [-0.05, 0) is 57.4 Å². The summed E-state index contributed by atoms with van der Waals surface area (Å²) in [5.74, 6) is -0.0119. The van der Waals surface area contributed by atoms with Crippen LogP contribution in [0.25, 0.3) is 0 Å². The second kappa shape index (κ2) is 5.87. The standard InChI is InChI=1S/C18H21N3O3S2/c1-11-16(25-12(2)19-11)10-21-15-5-4-14(8-13(15)9-17(21)22)26(23,24)20-18(3)6-7-18/h4-5,8,20H,6-7,9-10H2,1-3H3. The lowest BCUT2D eigenvalue weighted by Gasteiger charge is -2.17. The third-order valence-corrected chi connectivity index (χ3v) is 7.67. The fraction of sp³-hybridized carbons (Fsp3) is 0.444. The number of thiazole rings is 1. The first kappa shape index (κ1) is 17.6. The average Bonchev–Trinajstić information content (AvgIpc) is 3.05. The number of sulfonamides is 1. The highest BCUT2D eigenvalue weighted by Gasteiger charge is 2.41. The van der Waals surface area contributed by atoms with E-state index in [1.54, 1.807) is 34.4 Å². The molecule has 1 amide bonds. The molecule has 1 saturated carbocycles. The number of rotatable bonds is 5. The lowest BCUT2D eigenvalue weighted by atomic mass is 10.2. The van der Waals surface area contributed by atoms with Gasteiger partial charge in [0.05, 0.1) is 28.6 Å². The van der Waals surface area contributed by atoms with Gasteiger partial charge >= 0.3 is 0 Å². The molecule has 4 rings (SSSR count). The van der Waals surface area contributed by atoms with Crippen molar-refractivity contribution in [3.8, 4) is 0 Å². The van der Waals surface area contributed by atoms with E-state index in [0.29, 0.717) is 6.54 Å². The molecule has 0 bridgehead atoms. The number of nitrogens with zero attached hydrogens (tertiary/aromatic N) is 2. The molecule has 1 fully saturated rings. The Hall–Kier alpha value is -1.77. The normalized spacial score (nSPS) is 18.3. The average molecular weight is 392 g/mol. The molecule has 2 aromatic rings. The zero-order valence-corrected chi connectivity index (χ0v) is 16.6. The topological polar surface area (TPSA) is 79.4 Å². The number of benzene rings is 1. The van der Waals surface area contributed by atoms with Gasteiger partial charge in [0.15, 0.2) is 0 Å². The minimum Gasteiger partial charge on any atom is -0.307 e. The van der Waals surface area contributed by atoms with Crippen molar-refractivity contribution in [2.45, 2.75) is 57.0 Å². The molecule has 0 unspecified atom stereocenters. The highest BCUT2D eigenvalue weighted by molar-refractivity contribution is 7.89. The Labute approximate surface area is 157 Å². The molecule has 2 aliphatic rings. The maximum Gasteiger partial charge on any atom is 0.241 e. The number of nitrogens with one attached hydrogen (secondary N) is 1. The molecular weight excluding hydrogens is 370 g/mol. The van der Waals surface area contributed by atoms with Gasteiger partial charge in [-0.2, -0.15) is 0 Å². The van der Waals surface area contributed by atoms with Crippen LogP contribution in [0.15, 0.2) is 23.1 Å². The van der Waals surface area contributed by atoms with Crippen molar-refractivity contribution in [2.75, 3.05) is 4.90 Å².